The molecule has 1 saturated heterocycles. The van der Waals surface area contributed by atoms with E-state index in [0.29, 0.717) is 26.2 Å². The highest BCUT2D eigenvalue weighted by atomic mass is 32.5. The van der Waals surface area contributed by atoms with Crippen molar-refractivity contribution in [3.05, 3.63) is 0 Å². The summed E-state index contributed by atoms with van der Waals surface area (Å²) < 4.78 is 22.1. The van der Waals surface area contributed by atoms with Crippen LogP contribution >= 0.6 is 6.72 Å². The summed E-state index contributed by atoms with van der Waals surface area (Å²) >= 11 is 5.25. The molecule has 0 atom stereocenters. The second-order valence-electron chi connectivity index (χ2n) is 9.08. The van der Waals surface area contributed by atoms with Crippen molar-refractivity contribution < 1.29 is 23.1 Å². The first-order valence-electron chi connectivity index (χ1n) is 12.6. The van der Waals surface area contributed by atoms with E-state index in [0.717, 1.165) is 25.7 Å². The maximum absolute atomic E-state index is 12.2. The van der Waals surface area contributed by atoms with Gasteiger partial charge in [0.2, 0.25) is 0 Å². The van der Waals surface area contributed by atoms with E-state index in [2.05, 4.69) is 13.8 Å². The fourth-order valence-electron chi connectivity index (χ4n) is 4.04. The van der Waals surface area contributed by atoms with Crippen molar-refractivity contribution in [2.24, 2.45) is 5.41 Å². The van der Waals surface area contributed by atoms with Crippen LogP contribution in [0, 0.1) is 5.41 Å². The van der Waals surface area contributed by atoms with Crippen LogP contribution in [0.5, 0.6) is 0 Å². The standard InChI is InChI=1S/C24H47O5PS/c1-4-6-7-8-9-10-11-12-13-14-15-16-17-18-23(25)27-20-24(19-5-2)21-28-30(31,26-3)29-22-24/h4-22H2,1-3H3. The number of rotatable bonds is 19. The molecule has 1 rings (SSSR count). The van der Waals surface area contributed by atoms with Gasteiger partial charge < -0.3 is 18.3 Å². The molecule has 0 amide bonds. The summed E-state index contributed by atoms with van der Waals surface area (Å²) in [5.74, 6) is -0.115. The molecule has 0 aromatic rings. The van der Waals surface area contributed by atoms with Crippen LogP contribution in [0.3, 0.4) is 0 Å². The Kier molecular flexibility index (Phi) is 16.4. The highest BCUT2D eigenvalue weighted by molar-refractivity contribution is 8.07. The average molecular weight is 479 g/mol. The summed E-state index contributed by atoms with van der Waals surface area (Å²) in [6.45, 7) is 2.97. The van der Waals surface area contributed by atoms with Gasteiger partial charge in [0.1, 0.15) is 6.61 Å². The monoisotopic (exact) mass is 478 g/mol. The third kappa shape index (κ3) is 13.3. The maximum Gasteiger partial charge on any atom is 0.326 e. The largest absolute Gasteiger partial charge is 0.465 e. The summed E-state index contributed by atoms with van der Waals surface area (Å²) in [6, 6.07) is 0. The van der Waals surface area contributed by atoms with Crippen molar-refractivity contribution >= 4 is 24.5 Å². The van der Waals surface area contributed by atoms with Crippen molar-refractivity contribution in [3.8, 4) is 0 Å². The normalized spacial score (nSPS) is 23.7. The minimum Gasteiger partial charge on any atom is -0.465 e. The molecule has 0 spiro atoms. The Bertz CT molecular complexity index is 502. The van der Waals surface area contributed by atoms with E-state index >= 15 is 0 Å². The lowest BCUT2D eigenvalue weighted by molar-refractivity contribution is -0.151. The summed E-state index contributed by atoms with van der Waals surface area (Å²) in [7, 11) is 1.52. The van der Waals surface area contributed by atoms with E-state index in [9.17, 15) is 4.79 Å². The third-order valence-electron chi connectivity index (χ3n) is 6.09. The molecule has 1 aliphatic rings. The van der Waals surface area contributed by atoms with Crippen molar-refractivity contribution in [1.82, 2.24) is 0 Å². The van der Waals surface area contributed by atoms with E-state index in [-0.39, 0.29) is 11.4 Å². The first-order chi connectivity index (χ1) is 15.0. The molecular formula is C24H47O5PS. The van der Waals surface area contributed by atoms with Crippen LogP contribution in [-0.4, -0.2) is 32.9 Å². The highest BCUT2D eigenvalue weighted by Gasteiger charge is 2.41. The Hall–Kier alpha value is -0.0000000000000000694. The Morgan fingerprint density at radius 2 is 1.32 bits per heavy atom. The van der Waals surface area contributed by atoms with Gasteiger partial charge in [-0.25, -0.2) is 0 Å². The van der Waals surface area contributed by atoms with Gasteiger partial charge in [-0.1, -0.05) is 97.3 Å². The summed E-state index contributed by atoms with van der Waals surface area (Å²) in [5, 5.41) is 0. The van der Waals surface area contributed by atoms with E-state index in [4.69, 9.17) is 30.1 Å². The molecule has 1 heterocycles. The predicted molar refractivity (Wildman–Crippen MR) is 132 cm³/mol. The second kappa shape index (κ2) is 17.5. The van der Waals surface area contributed by atoms with Crippen molar-refractivity contribution in [1.29, 1.82) is 0 Å². The zero-order valence-corrected chi connectivity index (χ0v) is 22.0. The quantitative estimate of drug-likeness (QED) is 0.108. The number of hydrogen-bond donors (Lipinski definition) is 0. The molecule has 0 bridgehead atoms. The Morgan fingerprint density at radius 1 is 0.839 bits per heavy atom. The van der Waals surface area contributed by atoms with Crippen LogP contribution < -0.4 is 0 Å². The lowest BCUT2D eigenvalue weighted by atomic mass is 9.86. The molecule has 31 heavy (non-hydrogen) atoms. The molecule has 1 aliphatic heterocycles. The molecule has 0 aliphatic carbocycles. The van der Waals surface area contributed by atoms with Crippen LogP contribution in [-0.2, 0) is 34.9 Å². The minimum absolute atomic E-state index is 0.115. The fourth-order valence-corrected chi connectivity index (χ4v) is 5.50. The van der Waals surface area contributed by atoms with Gasteiger partial charge in [0.25, 0.3) is 0 Å². The molecule has 0 N–H and O–H groups in total. The number of hydrogen-bond acceptors (Lipinski definition) is 6. The van der Waals surface area contributed by atoms with E-state index in [1.807, 2.05) is 0 Å². The Morgan fingerprint density at radius 3 is 1.77 bits per heavy atom. The molecule has 184 valence electrons. The number of ether oxygens (including phenoxy) is 1. The molecule has 0 saturated carbocycles. The van der Waals surface area contributed by atoms with Crippen LogP contribution in [0.1, 0.15) is 117 Å². The zero-order valence-electron chi connectivity index (χ0n) is 20.3. The van der Waals surface area contributed by atoms with Crippen LogP contribution in [0.2, 0.25) is 0 Å². The van der Waals surface area contributed by atoms with Crippen LogP contribution in [0.15, 0.2) is 0 Å². The number of unbranched alkanes of at least 4 members (excludes halogenated alkanes) is 12. The fraction of sp³-hybridized carbons (Fsp3) is 0.958. The van der Waals surface area contributed by atoms with E-state index in [1.165, 1.54) is 77.7 Å². The molecule has 0 radical (unpaired) electrons. The molecule has 1 fully saturated rings. The lowest BCUT2D eigenvalue weighted by Gasteiger charge is -2.39. The molecule has 0 unspecified atom stereocenters. The van der Waals surface area contributed by atoms with Gasteiger partial charge in [-0.05, 0) is 24.6 Å². The smallest absolute Gasteiger partial charge is 0.326 e. The van der Waals surface area contributed by atoms with Crippen LogP contribution in [0.4, 0.5) is 0 Å². The van der Waals surface area contributed by atoms with Gasteiger partial charge in [-0.3, -0.25) is 4.79 Å². The molecule has 0 aromatic carbocycles. The number of esters is 1. The van der Waals surface area contributed by atoms with Gasteiger partial charge in [-0.2, -0.15) is 0 Å². The first-order valence-corrected chi connectivity index (χ1v) is 15.2. The molecule has 0 aromatic heterocycles. The van der Waals surface area contributed by atoms with Crippen molar-refractivity contribution in [3.63, 3.8) is 0 Å². The Balaban J connectivity index is 2.03. The summed E-state index contributed by atoms with van der Waals surface area (Å²) in [5.41, 5.74) is -0.304. The Labute approximate surface area is 196 Å². The third-order valence-corrected chi connectivity index (χ3v) is 8.50. The maximum atomic E-state index is 12.2. The number of carbonyl (C=O) groups excluding carboxylic acids is 1. The molecular weight excluding hydrogens is 431 g/mol. The topological polar surface area (TPSA) is 54.0 Å². The minimum atomic E-state index is -2.60. The average Bonchev–Trinajstić information content (AvgIpc) is 2.78. The van der Waals surface area contributed by atoms with Gasteiger partial charge in [0.15, 0.2) is 0 Å². The second-order valence-corrected chi connectivity index (χ2v) is 12.2. The van der Waals surface area contributed by atoms with Crippen molar-refractivity contribution in [2.75, 3.05) is 26.9 Å². The number of carbonyl (C=O) groups is 1. The molecule has 7 heteroatoms. The van der Waals surface area contributed by atoms with Gasteiger partial charge in [0, 0.05) is 13.5 Å². The van der Waals surface area contributed by atoms with Crippen molar-refractivity contribution in [2.45, 2.75) is 117 Å². The van der Waals surface area contributed by atoms with Gasteiger partial charge >= 0.3 is 12.7 Å². The predicted octanol–water partition coefficient (Wildman–Crippen LogP) is 7.72. The summed E-state index contributed by atoms with van der Waals surface area (Å²) in [6.07, 6.45) is 19.3. The molecule has 5 nitrogen and oxygen atoms in total. The lowest BCUT2D eigenvalue weighted by Crippen LogP contribution is -2.40. The van der Waals surface area contributed by atoms with Gasteiger partial charge in [0.05, 0.1) is 18.6 Å². The van der Waals surface area contributed by atoms with E-state index in [1.54, 1.807) is 0 Å². The zero-order chi connectivity index (χ0) is 22.8. The first kappa shape index (κ1) is 29.0. The van der Waals surface area contributed by atoms with Gasteiger partial charge in [-0.15, -0.1) is 0 Å². The SMILES string of the molecule is CCCCCCCCCCCCCCCC(=O)OCC1(CCC)COP(=S)(OC)OC1. The summed E-state index contributed by atoms with van der Waals surface area (Å²) in [4.78, 5) is 12.2. The van der Waals surface area contributed by atoms with Crippen LogP contribution in [0.25, 0.3) is 0 Å². The van der Waals surface area contributed by atoms with E-state index < -0.39 is 6.72 Å². The highest BCUT2D eigenvalue weighted by Crippen LogP contribution is 2.55.